The van der Waals surface area contributed by atoms with Gasteiger partial charge in [-0.1, -0.05) is 30.3 Å². The number of rotatable bonds is 6. The van der Waals surface area contributed by atoms with E-state index in [9.17, 15) is 27.9 Å². The van der Waals surface area contributed by atoms with Crippen LogP contribution >= 0.6 is 0 Å². The average molecular weight is 388 g/mol. The minimum Gasteiger partial charge on any atom is -0.481 e. The minimum absolute atomic E-state index is 0.124. The van der Waals surface area contributed by atoms with Gasteiger partial charge in [0, 0.05) is 25.6 Å². The molecule has 0 saturated carbocycles. The maximum atomic E-state index is 13.0. The van der Waals surface area contributed by atoms with Crippen molar-refractivity contribution in [3.8, 4) is 0 Å². The van der Waals surface area contributed by atoms with E-state index in [1.165, 1.54) is 0 Å². The number of carboxylic acids is 1. The standard InChI is InChI=1S/C18H23F3N2O4/c1-11(24)7-13(12-5-3-2-4-6-12)8-22-17(27)23-9-14(16(25)26)15(10-23)18(19,20)21/h2-6,11,13-15,24H,7-10H2,1H3,(H,22,27)(H,25,26)/t11?,13?,14-,15-/m1/s1. The predicted molar refractivity (Wildman–Crippen MR) is 91.1 cm³/mol. The van der Waals surface area contributed by atoms with Crippen molar-refractivity contribution in [1.82, 2.24) is 10.2 Å². The number of halogens is 3. The number of aliphatic hydroxyl groups excluding tert-OH is 1. The van der Waals surface area contributed by atoms with E-state index in [1.54, 1.807) is 6.92 Å². The van der Waals surface area contributed by atoms with E-state index in [-0.39, 0.29) is 12.5 Å². The molecule has 0 aliphatic carbocycles. The van der Waals surface area contributed by atoms with Crippen molar-refractivity contribution < 1.29 is 33.0 Å². The van der Waals surface area contributed by atoms with Crippen LogP contribution in [0, 0.1) is 11.8 Å². The molecule has 2 amide bonds. The van der Waals surface area contributed by atoms with Crippen molar-refractivity contribution in [1.29, 1.82) is 0 Å². The highest BCUT2D eigenvalue weighted by molar-refractivity contribution is 5.77. The lowest BCUT2D eigenvalue weighted by Crippen LogP contribution is -2.41. The van der Waals surface area contributed by atoms with E-state index in [4.69, 9.17) is 5.11 Å². The van der Waals surface area contributed by atoms with Gasteiger partial charge in [-0.15, -0.1) is 0 Å². The van der Waals surface area contributed by atoms with Crippen LogP contribution in [0.1, 0.15) is 24.8 Å². The lowest BCUT2D eigenvalue weighted by atomic mass is 9.93. The Kier molecular flexibility index (Phi) is 6.69. The Morgan fingerprint density at radius 3 is 2.37 bits per heavy atom. The highest BCUT2D eigenvalue weighted by atomic mass is 19.4. The second-order valence-electron chi connectivity index (χ2n) is 6.88. The lowest BCUT2D eigenvalue weighted by Gasteiger charge is -2.23. The summed E-state index contributed by atoms with van der Waals surface area (Å²) in [5, 5.41) is 21.3. The number of nitrogens with one attached hydrogen (secondary N) is 1. The number of alkyl halides is 3. The van der Waals surface area contributed by atoms with Gasteiger partial charge in [-0.3, -0.25) is 4.79 Å². The summed E-state index contributed by atoms with van der Waals surface area (Å²) in [5.74, 6) is -5.53. The quantitative estimate of drug-likeness (QED) is 0.698. The summed E-state index contributed by atoms with van der Waals surface area (Å²) in [6.07, 6.45) is -4.94. The van der Waals surface area contributed by atoms with Gasteiger partial charge in [0.2, 0.25) is 0 Å². The van der Waals surface area contributed by atoms with Crippen LogP contribution in [0.15, 0.2) is 30.3 Å². The molecule has 1 aliphatic rings. The number of hydrogen-bond donors (Lipinski definition) is 3. The van der Waals surface area contributed by atoms with Gasteiger partial charge in [0.25, 0.3) is 0 Å². The van der Waals surface area contributed by atoms with Crippen LogP contribution in [0.3, 0.4) is 0 Å². The van der Waals surface area contributed by atoms with Crippen molar-refractivity contribution in [2.24, 2.45) is 11.8 Å². The Morgan fingerprint density at radius 2 is 1.89 bits per heavy atom. The van der Waals surface area contributed by atoms with Crippen molar-refractivity contribution in [3.05, 3.63) is 35.9 Å². The van der Waals surface area contributed by atoms with E-state index < -0.39 is 49.2 Å². The third-order valence-electron chi connectivity index (χ3n) is 4.74. The van der Waals surface area contributed by atoms with Crippen molar-refractivity contribution in [2.75, 3.05) is 19.6 Å². The number of aliphatic carboxylic acids is 1. The maximum absolute atomic E-state index is 13.0. The molecule has 0 aromatic heterocycles. The summed E-state index contributed by atoms with van der Waals surface area (Å²) in [6.45, 7) is 0.568. The Labute approximate surface area is 155 Å². The van der Waals surface area contributed by atoms with Gasteiger partial charge in [-0.2, -0.15) is 13.2 Å². The summed E-state index contributed by atoms with van der Waals surface area (Å²) < 4.78 is 39.1. The van der Waals surface area contributed by atoms with Gasteiger partial charge in [0.1, 0.15) is 0 Å². The molecular formula is C18H23F3N2O4. The number of hydrogen-bond acceptors (Lipinski definition) is 3. The van der Waals surface area contributed by atoms with Crippen LogP contribution in [0.2, 0.25) is 0 Å². The van der Waals surface area contributed by atoms with Gasteiger partial charge in [0.05, 0.1) is 17.9 Å². The van der Waals surface area contributed by atoms with E-state index in [0.717, 1.165) is 10.5 Å². The normalized spacial score (nSPS) is 22.3. The zero-order chi connectivity index (χ0) is 20.2. The van der Waals surface area contributed by atoms with Gasteiger partial charge in [-0.05, 0) is 18.9 Å². The molecule has 1 heterocycles. The second-order valence-corrected chi connectivity index (χ2v) is 6.88. The molecule has 0 bridgehead atoms. The fourth-order valence-electron chi connectivity index (χ4n) is 3.35. The minimum atomic E-state index is -4.68. The number of carbonyl (C=O) groups is 2. The smallest absolute Gasteiger partial charge is 0.394 e. The molecule has 1 fully saturated rings. The number of likely N-dealkylation sites (tertiary alicyclic amines) is 1. The SMILES string of the molecule is CC(O)CC(CNC(=O)N1C[C@@H](C(F)(F)F)[C@H](C(=O)O)C1)c1ccccc1. The first-order valence-electron chi connectivity index (χ1n) is 8.65. The number of carbonyl (C=O) groups excluding carboxylic acids is 1. The highest BCUT2D eigenvalue weighted by Gasteiger charge is 2.53. The molecule has 1 aromatic rings. The fraction of sp³-hybridized carbons (Fsp3) is 0.556. The van der Waals surface area contributed by atoms with Gasteiger partial charge in [-0.25, -0.2) is 4.79 Å². The van der Waals surface area contributed by atoms with Crippen LogP contribution in [-0.4, -0.2) is 59.0 Å². The molecule has 150 valence electrons. The van der Waals surface area contributed by atoms with E-state index >= 15 is 0 Å². The molecule has 27 heavy (non-hydrogen) atoms. The average Bonchev–Trinajstić information content (AvgIpc) is 3.05. The first-order valence-corrected chi connectivity index (χ1v) is 8.65. The summed E-state index contributed by atoms with van der Waals surface area (Å²) in [5.41, 5.74) is 0.886. The Bertz CT molecular complexity index is 652. The number of benzene rings is 1. The number of aliphatic hydroxyl groups is 1. The van der Waals surface area contributed by atoms with Crippen LogP contribution < -0.4 is 5.32 Å². The molecule has 3 N–H and O–H groups in total. The fourth-order valence-corrected chi connectivity index (χ4v) is 3.35. The monoisotopic (exact) mass is 388 g/mol. The van der Waals surface area contributed by atoms with E-state index in [0.29, 0.717) is 6.42 Å². The molecule has 2 unspecified atom stereocenters. The molecule has 6 nitrogen and oxygen atoms in total. The first-order chi connectivity index (χ1) is 12.6. The Hall–Kier alpha value is -2.29. The molecule has 1 aliphatic heterocycles. The molecule has 0 spiro atoms. The summed E-state index contributed by atoms with van der Waals surface area (Å²) in [4.78, 5) is 24.3. The Morgan fingerprint density at radius 1 is 1.26 bits per heavy atom. The zero-order valence-electron chi connectivity index (χ0n) is 14.8. The van der Waals surface area contributed by atoms with Crippen LogP contribution in [-0.2, 0) is 4.79 Å². The zero-order valence-corrected chi connectivity index (χ0v) is 14.8. The molecule has 9 heteroatoms. The predicted octanol–water partition coefficient (Wildman–Crippen LogP) is 2.45. The topological polar surface area (TPSA) is 89.9 Å². The van der Waals surface area contributed by atoms with E-state index in [2.05, 4.69) is 5.32 Å². The molecule has 2 rings (SSSR count). The molecular weight excluding hydrogens is 365 g/mol. The third kappa shape index (κ3) is 5.59. The second kappa shape index (κ2) is 8.60. The lowest BCUT2D eigenvalue weighted by molar-refractivity contribution is -0.187. The summed E-state index contributed by atoms with van der Waals surface area (Å²) >= 11 is 0. The third-order valence-corrected chi connectivity index (χ3v) is 4.74. The number of urea groups is 1. The molecule has 1 aromatic carbocycles. The number of nitrogens with zero attached hydrogens (tertiary/aromatic N) is 1. The van der Waals surface area contributed by atoms with Crippen LogP contribution in [0.4, 0.5) is 18.0 Å². The maximum Gasteiger partial charge on any atom is 0.394 e. The van der Waals surface area contributed by atoms with Crippen molar-refractivity contribution >= 4 is 12.0 Å². The molecule has 0 radical (unpaired) electrons. The van der Waals surface area contributed by atoms with Crippen LogP contribution in [0.25, 0.3) is 0 Å². The Balaban J connectivity index is 2.02. The van der Waals surface area contributed by atoms with E-state index in [1.807, 2.05) is 30.3 Å². The van der Waals surface area contributed by atoms with Crippen molar-refractivity contribution in [2.45, 2.75) is 31.5 Å². The first kappa shape index (κ1) is 21.0. The van der Waals surface area contributed by atoms with Gasteiger partial charge >= 0.3 is 18.2 Å². The molecule has 4 atom stereocenters. The van der Waals surface area contributed by atoms with Gasteiger partial charge in [0.15, 0.2) is 0 Å². The van der Waals surface area contributed by atoms with Crippen LogP contribution in [0.5, 0.6) is 0 Å². The van der Waals surface area contributed by atoms with Crippen molar-refractivity contribution in [3.63, 3.8) is 0 Å². The summed E-state index contributed by atoms with van der Waals surface area (Å²) in [7, 11) is 0. The number of amides is 2. The largest absolute Gasteiger partial charge is 0.481 e. The van der Waals surface area contributed by atoms with Gasteiger partial charge < -0.3 is 20.4 Å². The summed E-state index contributed by atoms with van der Waals surface area (Å²) in [6, 6.07) is 8.41. The highest BCUT2D eigenvalue weighted by Crippen LogP contribution is 2.37. The molecule has 1 saturated heterocycles. The number of carboxylic acid groups (broad SMARTS) is 1.